The standard InChI is InChI=1S/C22H25N3O/c1-14-11-16-3-4-20(22(26)15-5-8-23-9-6-15)25-19-7-10-24(2)13-18(19)17(12-14)21(16)25/h5-6,8-9,11-12,20,22,26H,3-4,7,10,13H2,1-2H3. The fourth-order valence-electron chi connectivity index (χ4n) is 4.97. The molecule has 2 aliphatic heterocycles. The van der Waals surface area contributed by atoms with Gasteiger partial charge in [0.2, 0.25) is 0 Å². The van der Waals surface area contributed by atoms with Crippen molar-refractivity contribution in [2.75, 3.05) is 13.6 Å². The molecule has 0 spiro atoms. The third kappa shape index (κ3) is 2.32. The summed E-state index contributed by atoms with van der Waals surface area (Å²) in [6.07, 6.45) is 6.11. The quantitative estimate of drug-likeness (QED) is 0.771. The molecule has 1 aromatic carbocycles. The third-order valence-electron chi connectivity index (χ3n) is 6.15. The van der Waals surface area contributed by atoms with Gasteiger partial charge >= 0.3 is 0 Å². The minimum atomic E-state index is -0.494. The Hall–Kier alpha value is -2.17. The first-order chi connectivity index (χ1) is 12.6. The van der Waals surface area contributed by atoms with Crippen LogP contribution in [0.3, 0.4) is 0 Å². The fraction of sp³-hybridized carbons (Fsp3) is 0.409. The molecule has 0 saturated heterocycles. The number of pyridine rings is 1. The molecule has 0 radical (unpaired) electrons. The van der Waals surface area contributed by atoms with Crippen LogP contribution in [-0.4, -0.2) is 33.1 Å². The fourth-order valence-corrected chi connectivity index (χ4v) is 4.97. The number of aromatic nitrogens is 2. The summed E-state index contributed by atoms with van der Waals surface area (Å²) >= 11 is 0. The summed E-state index contributed by atoms with van der Waals surface area (Å²) in [4.78, 5) is 6.51. The van der Waals surface area contributed by atoms with Crippen molar-refractivity contribution in [1.29, 1.82) is 0 Å². The molecule has 2 aliphatic rings. The number of aliphatic hydroxyl groups excluding tert-OH is 1. The van der Waals surface area contributed by atoms with Crippen molar-refractivity contribution in [2.45, 2.75) is 44.9 Å². The molecule has 0 amide bonds. The van der Waals surface area contributed by atoms with Crippen LogP contribution in [0.4, 0.5) is 0 Å². The molecular weight excluding hydrogens is 322 g/mol. The zero-order valence-corrected chi connectivity index (χ0v) is 15.4. The number of nitrogens with zero attached hydrogens (tertiary/aromatic N) is 3. The second-order valence-corrected chi connectivity index (χ2v) is 7.93. The number of aryl methyl sites for hydroxylation is 2. The van der Waals surface area contributed by atoms with Gasteiger partial charge < -0.3 is 14.6 Å². The van der Waals surface area contributed by atoms with Crippen LogP contribution in [0.5, 0.6) is 0 Å². The smallest absolute Gasteiger partial charge is 0.0998 e. The molecule has 0 saturated carbocycles. The second kappa shape index (κ2) is 5.93. The number of likely N-dealkylation sites (N-methyl/N-ethyl adjacent to an activating group) is 1. The largest absolute Gasteiger partial charge is 0.386 e. The molecule has 4 nitrogen and oxygen atoms in total. The number of rotatable bonds is 2. The summed E-state index contributed by atoms with van der Waals surface area (Å²) in [6.45, 7) is 4.28. The van der Waals surface area contributed by atoms with Crippen LogP contribution in [-0.2, 0) is 19.4 Å². The summed E-state index contributed by atoms with van der Waals surface area (Å²) in [7, 11) is 2.20. The molecule has 134 valence electrons. The Morgan fingerprint density at radius 3 is 2.81 bits per heavy atom. The highest BCUT2D eigenvalue weighted by atomic mass is 16.3. The molecular formula is C22H25N3O. The van der Waals surface area contributed by atoms with Crippen LogP contribution in [0.1, 0.15) is 46.5 Å². The van der Waals surface area contributed by atoms with Gasteiger partial charge in [-0.3, -0.25) is 4.98 Å². The van der Waals surface area contributed by atoms with Crippen LogP contribution < -0.4 is 0 Å². The number of hydrogen-bond acceptors (Lipinski definition) is 3. The second-order valence-electron chi connectivity index (χ2n) is 7.93. The Morgan fingerprint density at radius 2 is 2.00 bits per heavy atom. The number of hydrogen-bond donors (Lipinski definition) is 1. The Bertz CT molecular complexity index is 976. The van der Waals surface area contributed by atoms with E-state index in [0.717, 1.165) is 37.9 Å². The predicted octanol–water partition coefficient (Wildman–Crippen LogP) is 3.55. The summed E-state index contributed by atoms with van der Waals surface area (Å²) in [5, 5.41) is 12.6. The number of aliphatic hydroxyl groups is 1. The number of benzene rings is 1. The van der Waals surface area contributed by atoms with Gasteiger partial charge in [-0.25, -0.2) is 0 Å². The van der Waals surface area contributed by atoms with Crippen LogP contribution >= 0.6 is 0 Å². The van der Waals surface area contributed by atoms with Crippen molar-refractivity contribution >= 4 is 10.9 Å². The molecule has 2 atom stereocenters. The SMILES string of the molecule is Cc1cc2c3c(c1)c1c(n3C(C(O)c3ccncc3)CC2)CCN(C)C1. The van der Waals surface area contributed by atoms with Gasteiger partial charge in [0, 0.05) is 43.0 Å². The molecule has 2 aromatic heterocycles. The first-order valence-corrected chi connectivity index (χ1v) is 9.55. The Kier molecular flexibility index (Phi) is 3.66. The minimum absolute atomic E-state index is 0.0993. The summed E-state index contributed by atoms with van der Waals surface area (Å²) in [5.74, 6) is 0. The van der Waals surface area contributed by atoms with Gasteiger partial charge in [-0.1, -0.05) is 11.6 Å². The van der Waals surface area contributed by atoms with E-state index >= 15 is 0 Å². The van der Waals surface area contributed by atoms with Gasteiger partial charge in [0.1, 0.15) is 0 Å². The van der Waals surface area contributed by atoms with Gasteiger partial charge in [-0.05, 0) is 61.7 Å². The van der Waals surface area contributed by atoms with Crippen molar-refractivity contribution in [2.24, 2.45) is 0 Å². The summed E-state index contributed by atoms with van der Waals surface area (Å²) in [5.41, 5.74) is 8.00. The highest BCUT2D eigenvalue weighted by Gasteiger charge is 2.34. The van der Waals surface area contributed by atoms with E-state index in [9.17, 15) is 5.11 Å². The van der Waals surface area contributed by atoms with Crippen LogP contribution in [0.25, 0.3) is 10.9 Å². The average Bonchev–Trinajstić information content (AvgIpc) is 2.97. The maximum absolute atomic E-state index is 11.2. The van der Waals surface area contributed by atoms with Gasteiger partial charge in [0.15, 0.2) is 0 Å². The van der Waals surface area contributed by atoms with Gasteiger partial charge in [0.05, 0.1) is 17.7 Å². The molecule has 0 bridgehead atoms. The average molecular weight is 347 g/mol. The van der Waals surface area contributed by atoms with E-state index in [1.807, 2.05) is 12.1 Å². The van der Waals surface area contributed by atoms with E-state index in [1.54, 1.807) is 12.4 Å². The zero-order valence-electron chi connectivity index (χ0n) is 15.4. The van der Waals surface area contributed by atoms with Crippen molar-refractivity contribution in [3.8, 4) is 0 Å². The molecule has 26 heavy (non-hydrogen) atoms. The molecule has 1 N–H and O–H groups in total. The minimum Gasteiger partial charge on any atom is -0.386 e. The van der Waals surface area contributed by atoms with Gasteiger partial charge in [-0.2, -0.15) is 0 Å². The lowest BCUT2D eigenvalue weighted by Gasteiger charge is -2.33. The van der Waals surface area contributed by atoms with Crippen molar-refractivity contribution in [1.82, 2.24) is 14.5 Å². The van der Waals surface area contributed by atoms with Crippen LogP contribution in [0.2, 0.25) is 0 Å². The lowest BCUT2D eigenvalue weighted by atomic mass is 9.91. The maximum Gasteiger partial charge on any atom is 0.0998 e. The van der Waals surface area contributed by atoms with Crippen molar-refractivity contribution < 1.29 is 5.11 Å². The molecule has 0 aliphatic carbocycles. The van der Waals surface area contributed by atoms with E-state index in [4.69, 9.17) is 0 Å². The van der Waals surface area contributed by atoms with E-state index in [2.05, 4.69) is 40.6 Å². The van der Waals surface area contributed by atoms with Crippen LogP contribution in [0, 0.1) is 6.92 Å². The molecule has 2 unspecified atom stereocenters. The highest BCUT2D eigenvalue weighted by Crippen LogP contribution is 2.44. The topological polar surface area (TPSA) is 41.3 Å². The molecule has 4 heterocycles. The zero-order chi connectivity index (χ0) is 17.8. The Morgan fingerprint density at radius 1 is 1.19 bits per heavy atom. The van der Waals surface area contributed by atoms with Gasteiger partial charge in [-0.15, -0.1) is 0 Å². The lowest BCUT2D eigenvalue weighted by molar-refractivity contribution is 0.105. The Balaban J connectivity index is 1.73. The van der Waals surface area contributed by atoms with E-state index in [1.165, 1.54) is 33.3 Å². The van der Waals surface area contributed by atoms with E-state index in [-0.39, 0.29) is 6.04 Å². The first-order valence-electron chi connectivity index (χ1n) is 9.55. The van der Waals surface area contributed by atoms with Gasteiger partial charge in [0.25, 0.3) is 0 Å². The van der Waals surface area contributed by atoms with E-state index in [0.29, 0.717) is 0 Å². The maximum atomic E-state index is 11.2. The monoisotopic (exact) mass is 347 g/mol. The highest BCUT2D eigenvalue weighted by molar-refractivity contribution is 5.90. The normalized spacial score (nSPS) is 21.0. The molecule has 5 rings (SSSR count). The third-order valence-corrected chi connectivity index (χ3v) is 6.15. The predicted molar refractivity (Wildman–Crippen MR) is 103 cm³/mol. The summed E-state index contributed by atoms with van der Waals surface area (Å²) < 4.78 is 2.49. The number of fused-ring (bicyclic) bond motifs is 3. The molecule has 0 fully saturated rings. The van der Waals surface area contributed by atoms with E-state index < -0.39 is 6.10 Å². The lowest BCUT2D eigenvalue weighted by Crippen LogP contribution is -2.30. The molecule has 4 heteroatoms. The van der Waals surface area contributed by atoms with Crippen LogP contribution in [0.15, 0.2) is 36.7 Å². The van der Waals surface area contributed by atoms with Crippen molar-refractivity contribution in [3.63, 3.8) is 0 Å². The summed E-state index contributed by atoms with van der Waals surface area (Å²) in [6, 6.07) is 8.66. The van der Waals surface area contributed by atoms with Crippen molar-refractivity contribution in [3.05, 3.63) is 64.6 Å². The Labute approximate surface area is 154 Å². The first kappa shape index (κ1) is 16.0. The molecule has 3 aromatic rings.